The molecule has 0 heterocycles. The summed E-state index contributed by atoms with van der Waals surface area (Å²) in [7, 11) is 0. The van der Waals surface area contributed by atoms with Crippen molar-refractivity contribution in [2.24, 2.45) is 0 Å². The molecule has 15 heavy (non-hydrogen) atoms. The molecule has 1 N–H and O–H groups in total. The zero-order chi connectivity index (χ0) is 11.3. The summed E-state index contributed by atoms with van der Waals surface area (Å²) < 4.78 is -0.0372. The average Bonchev–Trinajstić information content (AvgIpc) is 2.19. The third-order valence-corrected chi connectivity index (χ3v) is 3.75. The van der Waals surface area contributed by atoms with Crippen molar-refractivity contribution in [2.45, 2.75) is 4.43 Å². The Balaban J connectivity index is 3.12. The van der Waals surface area contributed by atoms with Crippen molar-refractivity contribution in [1.29, 1.82) is 0 Å². The van der Waals surface area contributed by atoms with Crippen LogP contribution >= 0.6 is 0 Å². The van der Waals surface area contributed by atoms with Crippen LogP contribution in [0.2, 0.25) is 0 Å². The van der Waals surface area contributed by atoms with Gasteiger partial charge >= 0.3 is 99.0 Å². The average molecular weight is 315 g/mol. The molecule has 1 rings (SSSR count). The molecule has 0 fully saturated rings. The zero-order valence-electron chi connectivity index (χ0n) is 8.24. The third-order valence-electron chi connectivity index (χ3n) is 1.90. The fourth-order valence-corrected chi connectivity index (χ4v) is 2.65. The Kier molecular flexibility index (Phi) is 4.55. The van der Waals surface area contributed by atoms with E-state index in [-0.39, 0.29) is 0 Å². The summed E-state index contributed by atoms with van der Waals surface area (Å²) in [6.07, 6.45) is 3.58. The second-order valence-electron chi connectivity index (χ2n) is 2.91. The van der Waals surface area contributed by atoms with E-state index in [2.05, 4.69) is 13.2 Å². The summed E-state index contributed by atoms with van der Waals surface area (Å²) in [5.41, 5.74) is 1.05. The molecule has 1 aromatic carbocycles. The van der Waals surface area contributed by atoms with Crippen molar-refractivity contribution < 1.29 is 31.1 Å². The molecule has 0 aliphatic heterocycles. The number of allylic oxidation sites excluding steroid dienone is 1. The molecule has 0 radical (unpaired) electrons. The van der Waals surface area contributed by atoms with E-state index < -0.39 is 25.2 Å². The Morgan fingerprint density at radius 2 is 2.27 bits per heavy atom. The molecule has 0 amide bonds. The molecule has 1 aromatic rings. The van der Waals surface area contributed by atoms with Crippen molar-refractivity contribution in [3.63, 3.8) is 0 Å². The summed E-state index contributed by atoms with van der Waals surface area (Å²) in [6, 6.07) is 5.77. The molecular formula is C12H12IO2-. The van der Waals surface area contributed by atoms with Crippen LogP contribution in [0.25, 0.3) is 12.7 Å². The quantitative estimate of drug-likeness (QED) is 0.410. The van der Waals surface area contributed by atoms with Gasteiger partial charge in [0.05, 0.1) is 0 Å². The first-order chi connectivity index (χ1) is 7.15. The second kappa shape index (κ2) is 5.70. The first-order valence-corrected chi connectivity index (χ1v) is 6.97. The number of halogens is 1. The molecule has 0 saturated carbocycles. The van der Waals surface area contributed by atoms with Gasteiger partial charge in [-0.25, -0.2) is 0 Å². The predicted molar refractivity (Wildman–Crippen MR) is 57.6 cm³/mol. The SMILES string of the molecule is C=C/C=c1/c(C[I-]C(=O)O)cccc1=C. The van der Waals surface area contributed by atoms with E-state index in [4.69, 9.17) is 5.11 Å². The van der Waals surface area contributed by atoms with E-state index in [1.807, 2.05) is 24.3 Å². The maximum absolute atomic E-state index is 10.5. The fraction of sp³-hybridized carbons (Fsp3) is 0.0833. The van der Waals surface area contributed by atoms with Crippen LogP contribution in [0.5, 0.6) is 0 Å². The van der Waals surface area contributed by atoms with E-state index in [1.165, 1.54) is 0 Å². The molecular weight excluding hydrogens is 303 g/mol. The normalized spacial score (nSPS) is 11.6. The molecule has 0 aromatic heterocycles. The molecule has 0 aliphatic carbocycles. The zero-order valence-corrected chi connectivity index (χ0v) is 10.4. The van der Waals surface area contributed by atoms with E-state index in [0.29, 0.717) is 4.43 Å². The van der Waals surface area contributed by atoms with Gasteiger partial charge in [-0.1, -0.05) is 0 Å². The van der Waals surface area contributed by atoms with Crippen molar-refractivity contribution in [1.82, 2.24) is 0 Å². The molecule has 0 aliphatic rings. The summed E-state index contributed by atoms with van der Waals surface area (Å²) >= 11 is -0.820. The van der Waals surface area contributed by atoms with Gasteiger partial charge in [0.1, 0.15) is 0 Å². The number of rotatable bonds is 4. The summed E-state index contributed by atoms with van der Waals surface area (Å²) in [4.78, 5) is 10.5. The first kappa shape index (κ1) is 12.0. The Labute approximate surface area is 98.9 Å². The minimum atomic E-state index is -0.820. The molecule has 0 bridgehead atoms. The van der Waals surface area contributed by atoms with Gasteiger partial charge < -0.3 is 0 Å². The van der Waals surface area contributed by atoms with Crippen molar-refractivity contribution >= 4 is 16.6 Å². The molecule has 2 nitrogen and oxygen atoms in total. The van der Waals surface area contributed by atoms with Crippen LogP contribution in [0.15, 0.2) is 30.9 Å². The number of hydrogen-bond donors (Lipinski definition) is 1. The van der Waals surface area contributed by atoms with Crippen LogP contribution in [-0.2, 0) is 4.43 Å². The van der Waals surface area contributed by atoms with Gasteiger partial charge in [0.15, 0.2) is 0 Å². The Morgan fingerprint density at radius 3 is 2.87 bits per heavy atom. The number of alkyl halides is 1. The Morgan fingerprint density at radius 1 is 1.53 bits per heavy atom. The number of carbonyl (C=O) groups is 1. The molecule has 0 saturated heterocycles. The maximum atomic E-state index is 10.5. The Hall–Kier alpha value is -1.10. The van der Waals surface area contributed by atoms with Crippen LogP contribution in [-0.4, -0.2) is 9.08 Å². The van der Waals surface area contributed by atoms with Crippen LogP contribution < -0.4 is 31.6 Å². The number of carboxylic acid groups (broad SMARTS) is 1. The minimum absolute atomic E-state index is 0.636. The Bertz CT molecular complexity index is 477. The molecule has 0 atom stereocenters. The first-order valence-electron chi connectivity index (χ1n) is 4.37. The van der Waals surface area contributed by atoms with Crippen LogP contribution in [0.4, 0.5) is 4.79 Å². The van der Waals surface area contributed by atoms with E-state index in [1.54, 1.807) is 6.08 Å². The summed E-state index contributed by atoms with van der Waals surface area (Å²) in [5.74, 6) is 0. The summed E-state index contributed by atoms with van der Waals surface area (Å²) in [5, 5.41) is 10.6. The topological polar surface area (TPSA) is 37.3 Å². The van der Waals surface area contributed by atoms with Gasteiger partial charge in [0, 0.05) is 0 Å². The molecule has 80 valence electrons. The van der Waals surface area contributed by atoms with Gasteiger partial charge in [-0.2, -0.15) is 0 Å². The monoisotopic (exact) mass is 315 g/mol. The second-order valence-corrected chi connectivity index (χ2v) is 5.36. The molecule has 3 heteroatoms. The number of hydrogen-bond acceptors (Lipinski definition) is 1. The fourth-order valence-electron chi connectivity index (χ4n) is 1.24. The van der Waals surface area contributed by atoms with Crippen molar-refractivity contribution in [3.8, 4) is 0 Å². The van der Waals surface area contributed by atoms with Crippen molar-refractivity contribution in [2.75, 3.05) is 0 Å². The van der Waals surface area contributed by atoms with E-state index in [9.17, 15) is 4.79 Å². The third kappa shape index (κ3) is 3.51. The molecule has 0 unspecified atom stereocenters. The van der Waals surface area contributed by atoms with Gasteiger partial charge in [-0.05, 0) is 0 Å². The van der Waals surface area contributed by atoms with E-state index in [0.717, 1.165) is 16.0 Å². The summed E-state index contributed by atoms with van der Waals surface area (Å²) in [6.45, 7) is 7.56. The van der Waals surface area contributed by atoms with E-state index >= 15 is 0 Å². The number of benzene rings is 1. The van der Waals surface area contributed by atoms with Gasteiger partial charge in [-0.3, -0.25) is 0 Å². The van der Waals surface area contributed by atoms with Gasteiger partial charge in [-0.15, -0.1) is 0 Å². The van der Waals surface area contributed by atoms with Gasteiger partial charge in [0.25, 0.3) is 0 Å². The van der Waals surface area contributed by atoms with Crippen LogP contribution in [0.1, 0.15) is 5.56 Å². The van der Waals surface area contributed by atoms with Crippen LogP contribution in [0.3, 0.4) is 0 Å². The van der Waals surface area contributed by atoms with Gasteiger partial charge in [0.2, 0.25) is 0 Å². The standard InChI is InChI=1S/C12H12IO2/c1-3-5-11-9(2)6-4-7-10(11)8-13-12(14)15/h3-7H,1-2,8H2,(H,14,15)/q-1/b11-5+. The predicted octanol–water partition coefficient (Wildman–Crippen LogP) is -1.67. The molecule has 0 spiro atoms. The van der Waals surface area contributed by atoms with Crippen LogP contribution in [0, 0.1) is 0 Å². The van der Waals surface area contributed by atoms with Crippen molar-refractivity contribution in [3.05, 3.63) is 46.9 Å².